The van der Waals surface area contributed by atoms with Crippen LogP contribution in [0.25, 0.3) is 0 Å². The highest BCUT2D eigenvalue weighted by Crippen LogP contribution is 2.32. The maximum atomic E-state index is 10.4. The molecular formula is C17H25N3O2. The van der Waals surface area contributed by atoms with Crippen LogP contribution in [0.4, 0.5) is 4.79 Å². The number of hydrogen-bond donors (Lipinski definition) is 2. The summed E-state index contributed by atoms with van der Waals surface area (Å²) in [7, 11) is 0. The van der Waals surface area contributed by atoms with Gasteiger partial charge in [0, 0.05) is 32.2 Å². The Morgan fingerprint density at radius 1 is 1.27 bits per heavy atom. The summed E-state index contributed by atoms with van der Waals surface area (Å²) in [6.45, 7) is 6.10. The summed E-state index contributed by atoms with van der Waals surface area (Å²) < 4.78 is 0. The third-order valence-corrected chi connectivity index (χ3v) is 4.89. The first-order valence-corrected chi connectivity index (χ1v) is 8.19. The second kappa shape index (κ2) is 7.11. The molecule has 2 fully saturated rings. The maximum Gasteiger partial charge on any atom is 0.404 e. The maximum absolute atomic E-state index is 10.4. The van der Waals surface area contributed by atoms with Crippen molar-refractivity contribution in [3.8, 4) is 0 Å². The molecule has 5 nitrogen and oxygen atoms in total. The predicted octanol–water partition coefficient (Wildman–Crippen LogP) is 1.85. The van der Waals surface area contributed by atoms with E-state index in [1.54, 1.807) is 0 Å². The van der Waals surface area contributed by atoms with Crippen molar-refractivity contribution in [2.45, 2.75) is 25.4 Å². The summed E-state index contributed by atoms with van der Waals surface area (Å²) in [5.41, 5.74) is 1.40. The molecule has 0 bridgehead atoms. The van der Waals surface area contributed by atoms with Gasteiger partial charge in [0.1, 0.15) is 0 Å². The van der Waals surface area contributed by atoms with Crippen LogP contribution in [0.15, 0.2) is 30.3 Å². The van der Waals surface area contributed by atoms with Gasteiger partial charge in [-0.25, -0.2) is 4.79 Å². The molecule has 1 amide bonds. The molecule has 120 valence electrons. The molecule has 2 aliphatic rings. The number of hydrogen-bond acceptors (Lipinski definition) is 3. The van der Waals surface area contributed by atoms with Gasteiger partial charge in [-0.05, 0) is 37.4 Å². The minimum atomic E-state index is -0.924. The van der Waals surface area contributed by atoms with E-state index in [4.69, 9.17) is 5.11 Å². The van der Waals surface area contributed by atoms with Crippen molar-refractivity contribution in [2.75, 3.05) is 32.7 Å². The second-order valence-corrected chi connectivity index (χ2v) is 6.42. The number of benzene rings is 1. The van der Waals surface area contributed by atoms with Gasteiger partial charge in [0.25, 0.3) is 0 Å². The molecule has 0 radical (unpaired) electrons. The molecule has 0 aliphatic carbocycles. The Kier molecular flexibility index (Phi) is 4.95. The Hall–Kier alpha value is -1.59. The quantitative estimate of drug-likeness (QED) is 0.788. The number of rotatable bonds is 6. The predicted molar refractivity (Wildman–Crippen MR) is 85.8 cm³/mol. The topological polar surface area (TPSA) is 55.8 Å². The van der Waals surface area contributed by atoms with E-state index in [9.17, 15) is 4.79 Å². The van der Waals surface area contributed by atoms with Crippen molar-refractivity contribution < 1.29 is 9.90 Å². The van der Waals surface area contributed by atoms with Crippen LogP contribution in [0, 0.1) is 5.92 Å². The Bertz CT molecular complexity index is 494. The lowest BCUT2D eigenvalue weighted by molar-refractivity contribution is 0.192. The number of fused-ring (bicyclic) bond motifs is 1. The largest absolute Gasteiger partial charge is 0.465 e. The number of likely N-dealkylation sites (tertiary alicyclic amines) is 2. The number of carboxylic acid groups (broad SMARTS) is 1. The first-order valence-electron chi connectivity index (χ1n) is 8.19. The zero-order valence-corrected chi connectivity index (χ0v) is 12.9. The molecule has 1 aromatic carbocycles. The monoisotopic (exact) mass is 303 g/mol. The summed E-state index contributed by atoms with van der Waals surface area (Å²) in [6, 6.07) is 11.4. The molecule has 5 heteroatoms. The molecule has 2 aliphatic heterocycles. The molecule has 2 N–H and O–H groups in total. The zero-order chi connectivity index (χ0) is 15.4. The molecule has 0 spiro atoms. The molecule has 1 aromatic rings. The Labute approximate surface area is 131 Å². The minimum absolute atomic E-state index is 0.550. The smallest absolute Gasteiger partial charge is 0.404 e. The summed E-state index contributed by atoms with van der Waals surface area (Å²) in [4.78, 5) is 15.6. The van der Waals surface area contributed by atoms with Gasteiger partial charge >= 0.3 is 6.09 Å². The van der Waals surface area contributed by atoms with Gasteiger partial charge < -0.3 is 15.3 Å². The van der Waals surface area contributed by atoms with E-state index in [-0.39, 0.29) is 0 Å². The van der Waals surface area contributed by atoms with Crippen LogP contribution in [0.1, 0.15) is 18.4 Å². The van der Waals surface area contributed by atoms with Crippen LogP contribution < -0.4 is 5.32 Å². The fourth-order valence-electron chi connectivity index (χ4n) is 3.83. The lowest BCUT2D eigenvalue weighted by Crippen LogP contribution is -2.35. The van der Waals surface area contributed by atoms with Gasteiger partial charge in [0.15, 0.2) is 0 Å². The van der Waals surface area contributed by atoms with Gasteiger partial charge in [-0.1, -0.05) is 30.3 Å². The highest BCUT2D eigenvalue weighted by molar-refractivity contribution is 5.64. The molecular weight excluding hydrogens is 278 g/mol. The summed E-state index contributed by atoms with van der Waals surface area (Å²) in [6.07, 6.45) is 1.26. The van der Waals surface area contributed by atoms with Gasteiger partial charge in [-0.15, -0.1) is 0 Å². The number of nitrogens with zero attached hydrogens (tertiary/aromatic N) is 2. The highest BCUT2D eigenvalue weighted by atomic mass is 16.4. The van der Waals surface area contributed by atoms with Gasteiger partial charge in [-0.3, -0.25) is 4.90 Å². The van der Waals surface area contributed by atoms with Crippen molar-refractivity contribution in [2.24, 2.45) is 5.92 Å². The Balaban J connectivity index is 1.45. The van der Waals surface area contributed by atoms with E-state index in [0.29, 0.717) is 12.6 Å². The van der Waals surface area contributed by atoms with E-state index in [0.717, 1.165) is 32.0 Å². The molecule has 2 atom stereocenters. The lowest BCUT2D eigenvalue weighted by atomic mass is 10.0. The first kappa shape index (κ1) is 15.3. The Morgan fingerprint density at radius 3 is 2.86 bits per heavy atom. The molecule has 0 aromatic heterocycles. The van der Waals surface area contributed by atoms with E-state index in [2.05, 4.69) is 45.4 Å². The second-order valence-electron chi connectivity index (χ2n) is 6.42. The zero-order valence-electron chi connectivity index (χ0n) is 12.9. The summed E-state index contributed by atoms with van der Waals surface area (Å²) >= 11 is 0. The third kappa shape index (κ3) is 3.78. The fraction of sp³-hybridized carbons (Fsp3) is 0.588. The third-order valence-electron chi connectivity index (χ3n) is 4.89. The van der Waals surface area contributed by atoms with Crippen LogP contribution in [0.5, 0.6) is 0 Å². The van der Waals surface area contributed by atoms with Crippen LogP contribution >= 0.6 is 0 Å². The average molecular weight is 303 g/mol. The summed E-state index contributed by atoms with van der Waals surface area (Å²) in [5, 5.41) is 11.0. The normalized spacial score (nSPS) is 25.3. The van der Waals surface area contributed by atoms with E-state index >= 15 is 0 Å². The average Bonchev–Trinajstić information content (AvgIpc) is 3.06. The molecule has 22 heavy (non-hydrogen) atoms. The fourth-order valence-corrected chi connectivity index (χ4v) is 3.83. The molecule has 2 heterocycles. The van der Waals surface area contributed by atoms with Crippen LogP contribution in [-0.2, 0) is 6.54 Å². The molecule has 0 unspecified atom stereocenters. The SMILES string of the molecule is O=C(O)NCCCN1C[C@H]2CCN(Cc3ccccc3)[C@H]2C1. The lowest BCUT2D eigenvalue weighted by Gasteiger charge is -2.24. The van der Waals surface area contributed by atoms with Crippen molar-refractivity contribution >= 4 is 6.09 Å². The molecule has 2 saturated heterocycles. The van der Waals surface area contributed by atoms with Gasteiger partial charge in [0.2, 0.25) is 0 Å². The van der Waals surface area contributed by atoms with E-state index in [1.807, 2.05) is 0 Å². The van der Waals surface area contributed by atoms with Crippen LogP contribution in [0.2, 0.25) is 0 Å². The van der Waals surface area contributed by atoms with Crippen molar-refractivity contribution in [1.29, 1.82) is 0 Å². The summed E-state index contributed by atoms with van der Waals surface area (Å²) in [5.74, 6) is 0.788. The number of carbonyl (C=O) groups is 1. The van der Waals surface area contributed by atoms with Gasteiger partial charge in [0.05, 0.1) is 0 Å². The van der Waals surface area contributed by atoms with Crippen molar-refractivity contribution in [1.82, 2.24) is 15.1 Å². The van der Waals surface area contributed by atoms with Gasteiger partial charge in [-0.2, -0.15) is 0 Å². The Morgan fingerprint density at radius 2 is 2.09 bits per heavy atom. The van der Waals surface area contributed by atoms with E-state index in [1.165, 1.54) is 25.1 Å². The molecule has 3 rings (SSSR count). The van der Waals surface area contributed by atoms with E-state index < -0.39 is 6.09 Å². The highest BCUT2D eigenvalue weighted by Gasteiger charge is 2.40. The number of amides is 1. The van der Waals surface area contributed by atoms with Crippen molar-refractivity contribution in [3.05, 3.63) is 35.9 Å². The molecule has 0 saturated carbocycles. The standard InChI is InChI=1S/C17H25N3O2/c21-17(22)18-8-4-9-19-12-15-7-10-20(16(15)13-19)11-14-5-2-1-3-6-14/h1-3,5-6,15-16,18H,4,7-13H2,(H,21,22)/t15-,16+/m1/s1. The van der Waals surface area contributed by atoms with Crippen LogP contribution in [0.3, 0.4) is 0 Å². The number of nitrogens with one attached hydrogen (secondary N) is 1. The van der Waals surface area contributed by atoms with Crippen LogP contribution in [-0.4, -0.2) is 59.8 Å². The van der Waals surface area contributed by atoms with Crippen molar-refractivity contribution in [3.63, 3.8) is 0 Å². The minimum Gasteiger partial charge on any atom is -0.465 e. The first-order chi connectivity index (χ1) is 10.7.